The maximum absolute atomic E-state index is 11.9. The van der Waals surface area contributed by atoms with Crippen molar-refractivity contribution in [3.8, 4) is 0 Å². The van der Waals surface area contributed by atoms with Gasteiger partial charge in [0.15, 0.2) is 5.65 Å². The van der Waals surface area contributed by atoms with E-state index in [-0.39, 0.29) is 23.4 Å². The zero-order chi connectivity index (χ0) is 13.4. The van der Waals surface area contributed by atoms with Crippen molar-refractivity contribution < 1.29 is 9.53 Å². The molecule has 2 unspecified atom stereocenters. The van der Waals surface area contributed by atoms with E-state index < -0.39 is 0 Å². The van der Waals surface area contributed by atoms with Crippen LogP contribution in [0.25, 0.3) is 5.65 Å². The van der Waals surface area contributed by atoms with Gasteiger partial charge >= 0.3 is 5.97 Å². The van der Waals surface area contributed by atoms with E-state index in [4.69, 9.17) is 4.74 Å². The molecule has 0 bridgehead atoms. The van der Waals surface area contributed by atoms with Crippen LogP contribution in [0.4, 0.5) is 0 Å². The van der Waals surface area contributed by atoms with Gasteiger partial charge in [-0.05, 0) is 19.3 Å². The Morgan fingerprint density at radius 3 is 3.16 bits per heavy atom. The number of carbonyl (C=O) groups excluding carboxylic acids is 1. The van der Waals surface area contributed by atoms with E-state index in [1.807, 2.05) is 0 Å². The van der Waals surface area contributed by atoms with E-state index in [9.17, 15) is 9.59 Å². The Morgan fingerprint density at radius 1 is 1.53 bits per heavy atom. The molecule has 0 spiro atoms. The van der Waals surface area contributed by atoms with Crippen molar-refractivity contribution in [2.24, 2.45) is 5.92 Å². The van der Waals surface area contributed by atoms with Crippen LogP contribution in [0.3, 0.4) is 0 Å². The lowest BCUT2D eigenvalue weighted by Crippen LogP contribution is -2.17. The number of fused-ring (bicyclic) bond motifs is 1. The number of nitrogens with zero attached hydrogens (tertiary/aromatic N) is 2. The molecule has 0 aromatic carbocycles. The third-order valence-corrected chi connectivity index (χ3v) is 3.79. The average Bonchev–Trinajstić information content (AvgIpc) is 3.06. The lowest BCUT2D eigenvalue weighted by molar-refractivity contribution is -0.145. The molecule has 19 heavy (non-hydrogen) atoms. The van der Waals surface area contributed by atoms with Gasteiger partial charge in [-0.15, -0.1) is 0 Å². The van der Waals surface area contributed by atoms with E-state index in [1.165, 1.54) is 11.6 Å². The first-order valence-corrected chi connectivity index (χ1v) is 6.34. The van der Waals surface area contributed by atoms with Gasteiger partial charge in [0.2, 0.25) is 0 Å². The molecule has 6 nitrogen and oxygen atoms in total. The number of hydrogen-bond acceptors (Lipinski definition) is 4. The molecule has 2 heterocycles. The molecule has 0 radical (unpaired) electrons. The van der Waals surface area contributed by atoms with Crippen molar-refractivity contribution in [2.75, 3.05) is 7.11 Å². The fourth-order valence-electron chi connectivity index (χ4n) is 2.79. The molecule has 2 atom stereocenters. The number of ether oxygens (including phenoxy) is 1. The number of nitrogens with one attached hydrogen (secondary N) is 1. The predicted molar refractivity (Wildman–Crippen MR) is 67.9 cm³/mol. The monoisotopic (exact) mass is 261 g/mol. The van der Waals surface area contributed by atoms with Gasteiger partial charge in [0, 0.05) is 24.2 Å². The minimum Gasteiger partial charge on any atom is -0.469 e. The van der Waals surface area contributed by atoms with Gasteiger partial charge in [0.05, 0.1) is 18.7 Å². The number of carbonyl (C=O) groups is 1. The summed E-state index contributed by atoms with van der Waals surface area (Å²) < 4.78 is 6.17. The van der Waals surface area contributed by atoms with Gasteiger partial charge in [0.25, 0.3) is 5.56 Å². The number of rotatable bonds is 2. The van der Waals surface area contributed by atoms with Crippen LogP contribution in [0.5, 0.6) is 0 Å². The molecule has 0 aliphatic heterocycles. The molecule has 100 valence electrons. The van der Waals surface area contributed by atoms with Crippen molar-refractivity contribution in [3.63, 3.8) is 0 Å². The number of H-pyrrole nitrogens is 1. The van der Waals surface area contributed by atoms with Crippen LogP contribution >= 0.6 is 0 Å². The second kappa shape index (κ2) is 4.53. The first-order chi connectivity index (χ1) is 9.19. The summed E-state index contributed by atoms with van der Waals surface area (Å²) in [5.74, 6) is -0.0693. The summed E-state index contributed by atoms with van der Waals surface area (Å²) in [5, 5.41) is 2.81. The number of aromatic amines is 1. The van der Waals surface area contributed by atoms with Gasteiger partial charge < -0.3 is 4.74 Å². The van der Waals surface area contributed by atoms with E-state index >= 15 is 0 Å². The molecule has 1 aliphatic rings. The number of methoxy groups -OCH3 is 1. The normalized spacial score (nSPS) is 22.8. The van der Waals surface area contributed by atoms with Crippen LogP contribution in [0.1, 0.15) is 30.9 Å². The van der Waals surface area contributed by atoms with E-state index in [2.05, 4.69) is 10.1 Å². The molecular formula is C13H15N3O3. The average molecular weight is 261 g/mol. The van der Waals surface area contributed by atoms with E-state index in [0.29, 0.717) is 12.1 Å². The highest BCUT2D eigenvalue weighted by Gasteiger charge is 2.32. The standard InChI is InChI=1S/C13H15N3O3/c1-19-13(18)9-3-2-8(6-9)10-7-12(17)16-11(15-10)4-5-14-16/h4-5,7-9,14H,2-3,6H2,1H3. The van der Waals surface area contributed by atoms with Crippen molar-refractivity contribution in [3.05, 3.63) is 34.4 Å². The molecule has 6 heteroatoms. The molecule has 2 aromatic heterocycles. The summed E-state index contributed by atoms with van der Waals surface area (Å²) in [5.41, 5.74) is 1.27. The first kappa shape index (κ1) is 12.0. The Bertz CT molecular complexity index is 673. The summed E-state index contributed by atoms with van der Waals surface area (Å²) in [6.07, 6.45) is 4.05. The lowest BCUT2D eigenvalue weighted by Gasteiger charge is -2.09. The molecule has 2 aromatic rings. The summed E-state index contributed by atoms with van der Waals surface area (Å²) in [6, 6.07) is 3.31. The molecular weight excluding hydrogens is 246 g/mol. The summed E-state index contributed by atoms with van der Waals surface area (Å²) in [7, 11) is 1.41. The third-order valence-electron chi connectivity index (χ3n) is 3.79. The van der Waals surface area contributed by atoms with Crippen molar-refractivity contribution in [1.29, 1.82) is 0 Å². The summed E-state index contributed by atoms with van der Waals surface area (Å²) in [4.78, 5) is 27.9. The molecule has 1 fully saturated rings. The van der Waals surface area contributed by atoms with E-state index in [1.54, 1.807) is 18.3 Å². The Hall–Kier alpha value is -2.11. The Kier molecular flexibility index (Phi) is 2.85. The van der Waals surface area contributed by atoms with Gasteiger partial charge in [-0.25, -0.2) is 9.50 Å². The smallest absolute Gasteiger partial charge is 0.308 e. The second-order valence-electron chi connectivity index (χ2n) is 4.91. The molecule has 1 aliphatic carbocycles. The summed E-state index contributed by atoms with van der Waals surface area (Å²) in [6.45, 7) is 0. The van der Waals surface area contributed by atoms with Crippen molar-refractivity contribution in [2.45, 2.75) is 25.2 Å². The Balaban J connectivity index is 1.89. The zero-order valence-electron chi connectivity index (χ0n) is 10.6. The SMILES string of the molecule is COC(=O)C1CCC(c2cc(=O)n3[nH]ccc3n2)C1. The first-order valence-electron chi connectivity index (χ1n) is 6.34. The van der Waals surface area contributed by atoms with Gasteiger partial charge in [0.1, 0.15) is 0 Å². The molecule has 0 saturated heterocycles. The summed E-state index contributed by atoms with van der Waals surface area (Å²) >= 11 is 0. The molecule has 1 saturated carbocycles. The quantitative estimate of drug-likeness (QED) is 0.821. The Labute approximate surface area is 109 Å². The second-order valence-corrected chi connectivity index (χ2v) is 4.91. The van der Waals surface area contributed by atoms with Gasteiger partial charge in [-0.1, -0.05) is 0 Å². The molecule has 3 rings (SSSR count). The highest BCUT2D eigenvalue weighted by molar-refractivity contribution is 5.72. The lowest BCUT2D eigenvalue weighted by atomic mass is 10.0. The van der Waals surface area contributed by atoms with Crippen LogP contribution in [0.15, 0.2) is 23.1 Å². The fraction of sp³-hybridized carbons (Fsp3) is 0.462. The van der Waals surface area contributed by atoms with Crippen LogP contribution in [0.2, 0.25) is 0 Å². The predicted octanol–water partition coefficient (Wildman–Crippen LogP) is 1.08. The van der Waals surface area contributed by atoms with Crippen molar-refractivity contribution >= 4 is 11.6 Å². The molecule has 0 amide bonds. The minimum absolute atomic E-state index is 0.0681. The zero-order valence-corrected chi connectivity index (χ0v) is 10.6. The molecule has 1 N–H and O–H groups in total. The maximum Gasteiger partial charge on any atom is 0.308 e. The maximum atomic E-state index is 11.9. The van der Waals surface area contributed by atoms with Crippen LogP contribution in [-0.4, -0.2) is 27.7 Å². The van der Waals surface area contributed by atoms with E-state index in [0.717, 1.165) is 18.5 Å². The van der Waals surface area contributed by atoms with Crippen LogP contribution in [0, 0.1) is 5.92 Å². The highest BCUT2D eigenvalue weighted by Crippen LogP contribution is 2.37. The Morgan fingerprint density at radius 2 is 2.37 bits per heavy atom. The van der Waals surface area contributed by atoms with Gasteiger partial charge in [-0.3, -0.25) is 14.7 Å². The largest absolute Gasteiger partial charge is 0.469 e. The van der Waals surface area contributed by atoms with Crippen LogP contribution < -0.4 is 5.56 Å². The van der Waals surface area contributed by atoms with Crippen LogP contribution in [-0.2, 0) is 9.53 Å². The fourth-order valence-corrected chi connectivity index (χ4v) is 2.79. The van der Waals surface area contributed by atoms with Gasteiger partial charge in [-0.2, -0.15) is 0 Å². The third kappa shape index (κ3) is 2.03. The highest BCUT2D eigenvalue weighted by atomic mass is 16.5. The number of hydrogen-bond donors (Lipinski definition) is 1. The number of esters is 1. The topological polar surface area (TPSA) is 76.5 Å². The number of aromatic nitrogens is 3. The van der Waals surface area contributed by atoms with Crippen molar-refractivity contribution in [1.82, 2.24) is 14.6 Å². The minimum atomic E-state index is -0.165.